The van der Waals surface area contributed by atoms with E-state index in [-0.39, 0.29) is 5.69 Å². The summed E-state index contributed by atoms with van der Waals surface area (Å²) in [5.74, 6) is -0.628. The first-order valence-corrected chi connectivity index (χ1v) is 6.21. The van der Waals surface area contributed by atoms with Gasteiger partial charge in [0.2, 0.25) is 5.91 Å². The van der Waals surface area contributed by atoms with Crippen molar-refractivity contribution >= 4 is 43.5 Å². The molecule has 0 radical (unpaired) electrons. The molecule has 0 saturated carbocycles. The van der Waals surface area contributed by atoms with Gasteiger partial charge in [0.05, 0.1) is 12.8 Å². The predicted octanol–water partition coefficient (Wildman–Crippen LogP) is 4.11. The Labute approximate surface area is 118 Å². The van der Waals surface area contributed by atoms with Crippen molar-refractivity contribution in [1.29, 1.82) is 0 Å². The van der Waals surface area contributed by atoms with E-state index < -0.39 is 18.5 Å². The van der Waals surface area contributed by atoms with Crippen LogP contribution in [0.2, 0.25) is 0 Å². The fourth-order valence-electron chi connectivity index (χ4n) is 1.15. The van der Waals surface area contributed by atoms with E-state index in [9.17, 15) is 18.0 Å². The number of hydrogen-bond donors (Lipinski definition) is 1. The Kier molecular flexibility index (Phi) is 5.03. The van der Waals surface area contributed by atoms with Gasteiger partial charge in [-0.1, -0.05) is 0 Å². The average molecular weight is 391 g/mol. The molecule has 0 saturated heterocycles. The molecule has 0 aliphatic heterocycles. The largest absolute Gasteiger partial charge is 0.497 e. The normalized spacial score (nSPS) is 11.2. The van der Waals surface area contributed by atoms with Crippen LogP contribution >= 0.6 is 31.9 Å². The van der Waals surface area contributed by atoms with Crippen molar-refractivity contribution in [3.05, 3.63) is 21.1 Å². The van der Waals surface area contributed by atoms with Crippen LogP contribution in [0.4, 0.5) is 18.9 Å². The molecule has 1 N–H and O–H groups in total. The summed E-state index contributed by atoms with van der Waals surface area (Å²) in [7, 11) is 1.45. The quantitative estimate of drug-likeness (QED) is 0.843. The van der Waals surface area contributed by atoms with Crippen LogP contribution in [-0.2, 0) is 4.79 Å². The number of ether oxygens (including phenoxy) is 1. The van der Waals surface area contributed by atoms with Gasteiger partial charge in [0.25, 0.3) is 0 Å². The lowest BCUT2D eigenvalue weighted by Crippen LogP contribution is -2.21. The van der Waals surface area contributed by atoms with Gasteiger partial charge >= 0.3 is 6.18 Å². The van der Waals surface area contributed by atoms with Crippen molar-refractivity contribution in [3.8, 4) is 5.75 Å². The van der Waals surface area contributed by atoms with Gasteiger partial charge in [-0.05, 0) is 44.0 Å². The Balaban J connectivity index is 2.88. The molecule has 0 heterocycles. The SMILES string of the molecule is COc1cc(Br)c(NC(=O)CC(F)(F)F)c(Br)c1. The highest BCUT2D eigenvalue weighted by atomic mass is 79.9. The third-order valence-corrected chi connectivity index (χ3v) is 3.13. The molecular weight excluding hydrogens is 383 g/mol. The molecule has 0 aliphatic rings. The number of benzene rings is 1. The molecule has 1 rings (SSSR count). The molecule has 0 atom stereocenters. The first-order valence-electron chi connectivity index (χ1n) is 4.62. The third-order valence-electron chi connectivity index (χ3n) is 1.88. The van der Waals surface area contributed by atoms with Crippen molar-refractivity contribution in [2.45, 2.75) is 12.6 Å². The summed E-state index contributed by atoms with van der Waals surface area (Å²) in [6.45, 7) is 0. The van der Waals surface area contributed by atoms with Crippen LogP contribution in [0.25, 0.3) is 0 Å². The van der Waals surface area contributed by atoms with Crippen molar-refractivity contribution in [1.82, 2.24) is 0 Å². The molecule has 0 aliphatic carbocycles. The second-order valence-corrected chi connectivity index (χ2v) is 5.01. The van der Waals surface area contributed by atoms with E-state index in [0.29, 0.717) is 14.7 Å². The predicted molar refractivity (Wildman–Crippen MR) is 67.7 cm³/mol. The van der Waals surface area contributed by atoms with Crippen LogP contribution in [-0.4, -0.2) is 19.2 Å². The molecule has 3 nitrogen and oxygen atoms in total. The van der Waals surface area contributed by atoms with E-state index in [1.807, 2.05) is 0 Å². The molecule has 18 heavy (non-hydrogen) atoms. The Morgan fingerprint density at radius 1 is 1.33 bits per heavy atom. The van der Waals surface area contributed by atoms with Gasteiger partial charge < -0.3 is 10.1 Å². The molecule has 1 aromatic rings. The number of carbonyl (C=O) groups excluding carboxylic acids is 1. The number of halogens is 5. The van der Waals surface area contributed by atoms with Crippen molar-refractivity contribution in [2.75, 3.05) is 12.4 Å². The van der Waals surface area contributed by atoms with E-state index in [1.54, 1.807) is 0 Å². The zero-order chi connectivity index (χ0) is 13.9. The standard InChI is InChI=1S/C10H8Br2F3NO2/c1-18-5-2-6(11)9(7(12)3-5)16-8(17)4-10(13,14)15/h2-3H,4H2,1H3,(H,16,17). The van der Waals surface area contributed by atoms with E-state index >= 15 is 0 Å². The summed E-state index contributed by atoms with van der Waals surface area (Å²) in [6.07, 6.45) is -6.06. The van der Waals surface area contributed by atoms with Gasteiger partial charge in [-0.2, -0.15) is 13.2 Å². The Morgan fingerprint density at radius 3 is 2.22 bits per heavy atom. The van der Waals surface area contributed by atoms with Crippen LogP contribution in [0.5, 0.6) is 5.75 Å². The molecule has 8 heteroatoms. The topological polar surface area (TPSA) is 38.3 Å². The lowest BCUT2D eigenvalue weighted by molar-refractivity contribution is -0.150. The third kappa shape index (κ3) is 4.49. The lowest BCUT2D eigenvalue weighted by Gasteiger charge is -2.12. The van der Waals surface area contributed by atoms with Gasteiger partial charge in [0, 0.05) is 8.95 Å². The fourth-order valence-corrected chi connectivity index (χ4v) is 2.50. The number of methoxy groups -OCH3 is 1. The van der Waals surface area contributed by atoms with Gasteiger partial charge in [0.15, 0.2) is 0 Å². The maximum absolute atomic E-state index is 12.0. The molecule has 0 fully saturated rings. The van der Waals surface area contributed by atoms with Crippen LogP contribution in [0.3, 0.4) is 0 Å². The maximum Gasteiger partial charge on any atom is 0.397 e. The smallest absolute Gasteiger partial charge is 0.397 e. The number of carbonyl (C=O) groups is 1. The summed E-state index contributed by atoms with van der Waals surface area (Å²) in [5, 5.41) is 2.18. The monoisotopic (exact) mass is 389 g/mol. The van der Waals surface area contributed by atoms with Crippen molar-refractivity contribution in [2.24, 2.45) is 0 Å². The number of anilines is 1. The van der Waals surface area contributed by atoms with Gasteiger partial charge in [-0.25, -0.2) is 0 Å². The molecule has 0 aromatic heterocycles. The van der Waals surface area contributed by atoms with E-state index in [2.05, 4.69) is 37.2 Å². The number of nitrogens with one attached hydrogen (secondary N) is 1. The zero-order valence-electron chi connectivity index (χ0n) is 9.07. The van der Waals surface area contributed by atoms with Crippen molar-refractivity contribution in [3.63, 3.8) is 0 Å². The summed E-state index contributed by atoms with van der Waals surface area (Å²) in [6, 6.07) is 3.07. The Morgan fingerprint density at radius 2 is 1.83 bits per heavy atom. The minimum absolute atomic E-state index is 0.227. The van der Waals surface area contributed by atoms with E-state index in [0.717, 1.165) is 0 Å². The summed E-state index contributed by atoms with van der Waals surface area (Å²) >= 11 is 6.28. The molecular formula is C10H8Br2F3NO2. The molecule has 0 unspecified atom stereocenters. The van der Waals surface area contributed by atoms with Crippen LogP contribution in [0.15, 0.2) is 21.1 Å². The van der Waals surface area contributed by atoms with Gasteiger partial charge in [0.1, 0.15) is 12.2 Å². The molecule has 1 amide bonds. The Bertz CT molecular complexity index is 440. The summed E-state index contributed by atoms with van der Waals surface area (Å²) < 4.78 is 41.9. The number of rotatable bonds is 3. The van der Waals surface area contributed by atoms with Crippen LogP contribution in [0, 0.1) is 0 Å². The second-order valence-electron chi connectivity index (χ2n) is 3.31. The molecule has 0 bridgehead atoms. The lowest BCUT2D eigenvalue weighted by atomic mass is 10.3. The highest BCUT2D eigenvalue weighted by molar-refractivity contribution is 9.11. The van der Waals surface area contributed by atoms with Crippen LogP contribution < -0.4 is 10.1 Å². The highest BCUT2D eigenvalue weighted by Gasteiger charge is 2.31. The summed E-state index contributed by atoms with van der Waals surface area (Å²) in [5.41, 5.74) is 0.227. The van der Waals surface area contributed by atoms with Gasteiger partial charge in [-0.15, -0.1) is 0 Å². The summed E-state index contributed by atoms with van der Waals surface area (Å²) in [4.78, 5) is 11.2. The van der Waals surface area contributed by atoms with E-state index in [4.69, 9.17) is 4.74 Å². The van der Waals surface area contributed by atoms with Gasteiger partial charge in [-0.3, -0.25) is 4.79 Å². The average Bonchev–Trinajstić information content (AvgIpc) is 2.20. The maximum atomic E-state index is 12.0. The Hall–Kier alpha value is -0.760. The van der Waals surface area contributed by atoms with E-state index in [1.165, 1.54) is 19.2 Å². The van der Waals surface area contributed by atoms with Crippen LogP contribution in [0.1, 0.15) is 6.42 Å². The van der Waals surface area contributed by atoms with Crippen molar-refractivity contribution < 1.29 is 22.7 Å². The number of hydrogen-bond acceptors (Lipinski definition) is 2. The number of alkyl halides is 3. The fraction of sp³-hybridized carbons (Fsp3) is 0.300. The molecule has 1 aromatic carbocycles. The minimum atomic E-state index is -4.53. The second kappa shape index (κ2) is 5.92. The molecule has 100 valence electrons. The zero-order valence-corrected chi connectivity index (χ0v) is 12.2. The number of amides is 1. The first-order chi connectivity index (χ1) is 8.23. The minimum Gasteiger partial charge on any atom is -0.497 e. The first kappa shape index (κ1) is 15.3. The molecule has 0 spiro atoms. The highest BCUT2D eigenvalue weighted by Crippen LogP contribution is 2.35.